The fraction of sp³-hybridized carbons (Fsp3) is 0.500. The van der Waals surface area contributed by atoms with Gasteiger partial charge in [0.2, 0.25) is 5.91 Å². The van der Waals surface area contributed by atoms with Gasteiger partial charge in [0.05, 0.1) is 11.3 Å². The number of carboxylic acids is 1. The number of amides is 1. The van der Waals surface area contributed by atoms with E-state index < -0.39 is 5.97 Å². The van der Waals surface area contributed by atoms with Crippen molar-refractivity contribution in [1.82, 2.24) is 0 Å². The Balaban J connectivity index is 2.24. The van der Waals surface area contributed by atoms with Gasteiger partial charge in [-0.05, 0) is 31.4 Å². The molecular formula is C16H21NO3. The maximum absolute atomic E-state index is 12.5. The van der Waals surface area contributed by atoms with Gasteiger partial charge in [0.25, 0.3) is 0 Å². The van der Waals surface area contributed by atoms with Crippen LogP contribution in [-0.2, 0) is 4.79 Å². The molecule has 0 aromatic heterocycles. The van der Waals surface area contributed by atoms with E-state index in [0.29, 0.717) is 11.3 Å². The molecule has 0 heterocycles. The molecule has 1 aliphatic carbocycles. The second-order valence-corrected chi connectivity index (χ2v) is 5.88. The highest BCUT2D eigenvalue weighted by molar-refractivity contribution is 6.03. The van der Waals surface area contributed by atoms with Crippen molar-refractivity contribution in [1.29, 1.82) is 0 Å². The molecule has 0 bridgehead atoms. The van der Waals surface area contributed by atoms with Crippen molar-refractivity contribution in [2.45, 2.75) is 46.0 Å². The van der Waals surface area contributed by atoms with Crippen LogP contribution in [-0.4, -0.2) is 17.0 Å². The summed E-state index contributed by atoms with van der Waals surface area (Å²) in [6.07, 6.45) is 5.03. The third kappa shape index (κ3) is 2.84. The van der Waals surface area contributed by atoms with Gasteiger partial charge in [0, 0.05) is 5.41 Å². The minimum Gasteiger partial charge on any atom is -0.478 e. The predicted molar refractivity (Wildman–Crippen MR) is 78.0 cm³/mol. The highest BCUT2D eigenvalue weighted by atomic mass is 16.4. The summed E-state index contributed by atoms with van der Waals surface area (Å²) in [4.78, 5) is 23.8. The standard InChI is InChI=1S/C16H21NO3/c1-11-7-6-8-12(13(11)14(18)19)17-15(20)16(2)9-4-3-5-10-16/h6-8H,3-5,9-10H2,1-2H3,(H,17,20)(H,18,19). The predicted octanol–water partition coefficient (Wildman–Crippen LogP) is 3.60. The number of anilines is 1. The first-order valence-electron chi connectivity index (χ1n) is 7.08. The Morgan fingerprint density at radius 2 is 1.85 bits per heavy atom. The maximum atomic E-state index is 12.5. The summed E-state index contributed by atoms with van der Waals surface area (Å²) in [5.74, 6) is -1.07. The summed E-state index contributed by atoms with van der Waals surface area (Å²) in [6, 6.07) is 5.16. The van der Waals surface area contributed by atoms with Crippen molar-refractivity contribution in [3.8, 4) is 0 Å². The monoisotopic (exact) mass is 275 g/mol. The normalized spacial score (nSPS) is 17.5. The molecule has 2 N–H and O–H groups in total. The Morgan fingerprint density at radius 3 is 2.45 bits per heavy atom. The van der Waals surface area contributed by atoms with Gasteiger partial charge in [0.1, 0.15) is 0 Å². The molecule has 4 heteroatoms. The van der Waals surface area contributed by atoms with Gasteiger partial charge in [-0.15, -0.1) is 0 Å². The van der Waals surface area contributed by atoms with E-state index in [1.165, 1.54) is 6.42 Å². The fourth-order valence-electron chi connectivity index (χ4n) is 2.89. The van der Waals surface area contributed by atoms with Gasteiger partial charge in [-0.3, -0.25) is 4.79 Å². The largest absolute Gasteiger partial charge is 0.478 e. The molecule has 1 fully saturated rings. The molecule has 108 valence electrons. The third-order valence-electron chi connectivity index (χ3n) is 4.24. The topological polar surface area (TPSA) is 66.4 Å². The number of benzene rings is 1. The summed E-state index contributed by atoms with van der Waals surface area (Å²) < 4.78 is 0. The number of hydrogen-bond acceptors (Lipinski definition) is 2. The number of aryl methyl sites for hydroxylation is 1. The summed E-state index contributed by atoms with van der Waals surface area (Å²) in [5, 5.41) is 12.1. The van der Waals surface area contributed by atoms with Crippen LogP contribution in [0.2, 0.25) is 0 Å². The summed E-state index contributed by atoms with van der Waals surface area (Å²) in [7, 11) is 0. The first kappa shape index (κ1) is 14.6. The second kappa shape index (κ2) is 5.65. The van der Waals surface area contributed by atoms with Crippen LogP contribution >= 0.6 is 0 Å². The minimum atomic E-state index is -1.01. The maximum Gasteiger partial charge on any atom is 0.338 e. The van der Waals surface area contributed by atoms with Gasteiger partial charge in [-0.25, -0.2) is 4.79 Å². The van der Waals surface area contributed by atoms with E-state index in [0.717, 1.165) is 25.7 Å². The molecule has 20 heavy (non-hydrogen) atoms. The lowest BCUT2D eigenvalue weighted by atomic mass is 9.75. The molecule has 0 saturated heterocycles. The summed E-state index contributed by atoms with van der Waals surface area (Å²) >= 11 is 0. The zero-order valence-corrected chi connectivity index (χ0v) is 12.0. The van der Waals surface area contributed by atoms with Gasteiger partial charge in [-0.1, -0.05) is 38.3 Å². The van der Waals surface area contributed by atoms with Gasteiger partial charge < -0.3 is 10.4 Å². The third-order valence-corrected chi connectivity index (χ3v) is 4.24. The zero-order chi connectivity index (χ0) is 14.8. The highest BCUT2D eigenvalue weighted by Gasteiger charge is 2.35. The lowest BCUT2D eigenvalue weighted by Crippen LogP contribution is -2.35. The Kier molecular flexibility index (Phi) is 4.12. The minimum absolute atomic E-state index is 0.0645. The molecule has 0 aliphatic heterocycles. The number of nitrogens with one attached hydrogen (secondary N) is 1. The van der Waals surface area contributed by atoms with Crippen LogP contribution in [0.5, 0.6) is 0 Å². The molecule has 2 rings (SSSR count). The van der Waals surface area contributed by atoms with Crippen LogP contribution in [0.1, 0.15) is 54.9 Å². The number of aromatic carboxylic acids is 1. The molecule has 1 aliphatic rings. The van der Waals surface area contributed by atoms with Crippen LogP contribution in [0.4, 0.5) is 5.69 Å². The molecule has 1 saturated carbocycles. The van der Waals surface area contributed by atoms with Crippen LogP contribution in [0, 0.1) is 12.3 Å². The highest BCUT2D eigenvalue weighted by Crippen LogP contribution is 2.37. The van der Waals surface area contributed by atoms with Gasteiger partial charge >= 0.3 is 5.97 Å². The van der Waals surface area contributed by atoms with Crippen LogP contribution in [0.3, 0.4) is 0 Å². The number of carbonyl (C=O) groups is 2. The number of rotatable bonds is 3. The molecule has 0 unspecified atom stereocenters. The first-order chi connectivity index (χ1) is 9.44. The van der Waals surface area contributed by atoms with Crippen LogP contribution < -0.4 is 5.32 Å². The molecular weight excluding hydrogens is 254 g/mol. The average Bonchev–Trinajstić information content (AvgIpc) is 2.39. The van der Waals surface area contributed by atoms with E-state index in [4.69, 9.17) is 0 Å². The zero-order valence-electron chi connectivity index (χ0n) is 12.0. The van der Waals surface area contributed by atoms with Crippen molar-refractivity contribution in [3.05, 3.63) is 29.3 Å². The molecule has 0 radical (unpaired) electrons. The average molecular weight is 275 g/mol. The quantitative estimate of drug-likeness (QED) is 0.885. The number of carbonyl (C=O) groups excluding carboxylic acids is 1. The molecule has 0 atom stereocenters. The summed E-state index contributed by atoms with van der Waals surface area (Å²) in [5.41, 5.74) is 0.858. The smallest absolute Gasteiger partial charge is 0.338 e. The van der Waals surface area contributed by atoms with E-state index >= 15 is 0 Å². The van der Waals surface area contributed by atoms with Crippen molar-refractivity contribution in [3.63, 3.8) is 0 Å². The van der Waals surface area contributed by atoms with Crippen molar-refractivity contribution < 1.29 is 14.7 Å². The van der Waals surface area contributed by atoms with E-state index in [9.17, 15) is 14.7 Å². The Labute approximate surface area is 119 Å². The second-order valence-electron chi connectivity index (χ2n) is 5.88. The molecule has 1 amide bonds. The fourth-order valence-corrected chi connectivity index (χ4v) is 2.89. The van der Waals surface area contributed by atoms with Crippen molar-refractivity contribution in [2.75, 3.05) is 5.32 Å². The molecule has 1 aromatic rings. The Morgan fingerprint density at radius 1 is 1.20 bits per heavy atom. The Bertz CT molecular complexity index is 531. The van der Waals surface area contributed by atoms with E-state index in [1.54, 1.807) is 25.1 Å². The lowest BCUT2D eigenvalue weighted by Gasteiger charge is -2.32. The Hall–Kier alpha value is -1.84. The first-order valence-corrected chi connectivity index (χ1v) is 7.08. The van der Waals surface area contributed by atoms with E-state index in [2.05, 4.69) is 5.32 Å². The van der Waals surface area contributed by atoms with Crippen molar-refractivity contribution >= 4 is 17.6 Å². The van der Waals surface area contributed by atoms with Crippen molar-refractivity contribution in [2.24, 2.45) is 5.41 Å². The molecule has 1 aromatic carbocycles. The van der Waals surface area contributed by atoms with Crippen LogP contribution in [0.25, 0.3) is 0 Å². The van der Waals surface area contributed by atoms with E-state index in [-0.39, 0.29) is 16.9 Å². The van der Waals surface area contributed by atoms with Gasteiger partial charge in [0.15, 0.2) is 0 Å². The number of hydrogen-bond donors (Lipinski definition) is 2. The van der Waals surface area contributed by atoms with Gasteiger partial charge in [-0.2, -0.15) is 0 Å². The molecule has 0 spiro atoms. The SMILES string of the molecule is Cc1cccc(NC(=O)C2(C)CCCCC2)c1C(=O)O. The summed E-state index contributed by atoms with van der Waals surface area (Å²) in [6.45, 7) is 3.71. The molecule has 4 nitrogen and oxygen atoms in total. The van der Waals surface area contributed by atoms with Crippen LogP contribution in [0.15, 0.2) is 18.2 Å². The number of carboxylic acid groups (broad SMARTS) is 1. The lowest BCUT2D eigenvalue weighted by molar-refractivity contribution is -0.126. The van der Waals surface area contributed by atoms with E-state index in [1.807, 2.05) is 6.92 Å².